The van der Waals surface area contributed by atoms with E-state index in [1.54, 1.807) is 26.8 Å². The van der Waals surface area contributed by atoms with Crippen LogP contribution in [0.3, 0.4) is 0 Å². The van der Waals surface area contributed by atoms with Crippen LogP contribution in [0.5, 0.6) is 0 Å². The number of nitrogens with zero attached hydrogens (tertiary/aromatic N) is 1. The maximum Gasteiger partial charge on any atom is 0.475 e. The molecule has 4 aliphatic rings. The molecule has 4 aliphatic carbocycles. The van der Waals surface area contributed by atoms with E-state index in [4.69, 9.17) is 9.94 Å². The molecule has 0 aromatic heterocycles. The normalized spacial score (nSPS) is 42.2. The quantitative estimate of drug-likeness (QED) is 0.247. The van der Waals surface area contributed by atoms with E-state index in [9.17, 15) is 29.5 Å². The third-order valence-electron chi connectivity index (χ3n) is 9.74. The Hall–Kier alpha value is -2.66. The van der Waals surface area contributed by atoms with Crippen molar-refractivity contribution in [3.63, 3.8) is 0 Å². The van der Waals surface area contributed by atoms with E-state index in [-0.39, 0.29) is 31.7 Å². The number of ether oxygens (including phenoxy) is 1. The summed E-state index contributed by atoms with van der Waals surface area (Å²) >= 11 is 0. The summed E-state index contributed by atoms with van der Waals surface area (Å²) in [7, 11) is 0. The number of alkyl halides is 1. The van der Waals surface area contributed by atoms with Gasteiger partial charge in [0.15, 0.2) is 24.7 Å². The molecule has 0 amide bonds. The number of rotatable bonds is 8. The number of aliphatic hydroxyl groups excluding tert-OH is 1. The van der Waals surface area contributed by atoms with Gasteiger partial charge in [0.2, 0.25) is 5.78 Å². The maximum atomic E-state index is 17.2. The lowest BCUT2D eigenvalue weighted by Crippen LogP contribution is -2.69. The number of Topliss-reactive ketones (excluding diaryl/α,β-unsaturated/α-hetero) is 1. The Balaban J connectivity index is 1.54. The molecular formula is C26H35FNO9+. The van der Waals surface area contributed by atoms with E-state index < -0.39 is 69.4 Å². The number of aliphatic hydroxyl groups is 2. The van der Waals surface area contributed by atoms with Crippen LogP contribution in [0, 0.1) is 33.5 Å². The van der Waals surface area contributed by atoms with E-state index in [2.05, 4.69) is 4.84 Å². The fraction of sp³-hybridized carbons (Fsp3) is 0.731. The Bertz CT molecular complexity index is 1070. The van der Waals surface area contributed by atoms with Gasteiger partial charge in [-0.2, -0.15) is 4.84 Å². The van der Waals surface area contributed by atoms with Crippen LogP contribution in [0.25, 0.3) is 0 Å². The molecule has 3 N–H and O–H groups in total. The third kappa shape index (κ3) is 3.93. The van der Waals surface area contributed by atoms with Crippen molar-refractivity contribution in [2.45, 2.75) is 76.7 Å². The van der Waals surface area contributed by atoms with E-state index in [1.165, 1.54) is 12.2 Å². The topological polar surface area (TPSA) is 150 Å². The minimum absolute atomic E-state index is 0.0640. The Labute approximate surface area is 214 Å². The highest BCUT2D eigenvalue weighted by Gasteiger charge is 2.75. The van der Waals surface area contributed by atoms with Crippen molar-refractivity contribution >= 4 is 17.5 Å². The minimum atomic E-state index is -2.07. The van der Waals surface area contributed by atoms with Gasteiger partial charge in [0.05, 0.1) is 6.10 Å². The van der Waals surface area contributed by atoms with Gasteiger partial charge < -0.3 is 14.9 Å². The molecule has 10 nitrogen and oxygen atoms in total. The number of esters is 1. The fourth-order valence-corrected chi connectivity index (χ4v) is 7.83. The molecule has 0 aromatic rings. The summed E-state index contributed by atoms with van der Waals surface area (Å²) < 4.78 is 22.2. The monoisotopic (exact) mass is 524 g/mol. The molecule has 4 rings (SSSR count). The summed E-state index contributed by atoms with van der Waals surface area (Å²) in [5.41, 5.74) is -5.70. The molecule has 37 heavy (non-hydrogen) atoms. The Kier molecular flexibility index (Phi) is 6.86. The van der Waals surface area contributed by atoms with Gasteiger partial charge in [-0.15, -0.1) is 0 Å². The summed E-state index contributed by atoms with van der Waals surface area (Å²) in [6.07, 6.45) is 3.78. The highest BCUT2D eigenvalue weighted by atomic mass is 19.1. The second kappa shape index (κ2) is 9.27. The number of allylic oxidation sites excluding steroid dienone is 4. The second-order valence-electron chi connectivity index (χ2n) is 11.4. The van der Waals surface area contributed by atoms with E-state index >= 15 is 4.39 Å². The van der Waals surface area contributed by atoms with Crippen LogP contribution in [0.2, 0.25) is 0 Å². The zero-order chi connectivity index (χ0) is 27.4. The molecule has 0 aromatic carbocycles. The number of ketones is 2. The number of fused-ring (bicyclic) bond motifs is 5. The van der Waals surface area contributed by atoms with Gasteiger partial charge in [0, 0.05) is 23.2 Å². The molecular weight excluding hydrogens is 489 g/mol. The van der Waals surface area contributed by atoms with E-state index in [0.29, 0.717) is 24.8 Å². The number of halogens is 1. The van der Waals surface area contributed by atoms with Gasteiger partial charge in [-0.3, -0.25) is 14.4 Å². The predicted octanol–water partition coefficient (Wildman–Crippen LogP) is 2.33. The average Bonchev–Trinajstić information content (AvgIpc) is 3.03. The summed E-state index contributed by atoms with van der Waals surface area (Å²) in [6.45, 7) is 4.21. The van der Waals surface area contributed by atoms with Crippen LogP contribution >= 0.6 is 0 Å². The molecule has 3 saturated carbocycles. The SMILES string of the molecule is CC1CC2C3CCC4=CC(=O)C=CC4(C)C3(F)C(O)CC2(C)C1(O)C(=O)COC(=O)CCCO[N+](=O)O. The van der Waals surface area contributed by atoms with Crippen LogP contribution < -0.4 is 0 Å². The van der Waals surface area contributed by atoms with Crippen molar-refractivity contribution in [2.24, 2.45) is 28.6 Å². The molecule has 11 heteroatoms. The molecule has 0 saturated heterocycles. The summed E-state index contributed by atoms with van der Waals surface area (Å²) in [5, 5.41) is 30.9. The van der Waals surface area contributed by atoms with Gasteiger partial charge in [-0.1, -0.05) is 25.5 Å². The third-order valence-corrected chi connectivity index (χ3v) is 9.74. The van der Waals surface area contributed by atoms with Crippen LogP contribution in [0.15, 0.2) is 23.8 Å². The highest BCUT2D eigenvalue weighted by Crippen LogP contribution is 2.70. The standard InChI is InChI=1S/C26H35FNO9/c1-15-11-19-18-7-6-16-12-17(29)8-9-23(16,2)25(18,27)20(30)13-24(19,3)26(15,33)21(31)14-36-22(32)5-4-10-37-28(34)35/h8-9,12,15,18-20,30,33H,4-7,10-11,13-14H2,1-3H3,(H,34,35)/q+1. The predicted molar refractivity (Wildman–Crippen MR) is 124 cm³/mol. The maximum absolute atomic E-state index is 17.2. The molecule has 3 fully saturated rings. The summed E-state index contributed by atoms with van der Waals surface area (Å²) in [5.74, 6) is -3.30. The lowest BCUT2D eigenvalue weighted by Gasteiger charge is -2.62. The summed E-state index contributed by atoms with van der Waals surface area (Å²) in [6, 6.07) is 0. The minimum Gasteiger partial charge on any atom is -0.458 e. The molecule has 8 unspecified atom stereocenters. The van der Waals surface area contributed by atoms with Crippen LogP contribution in [-0.2, 0) is 24.0 Å². The van der Waals surface area contributed by atoms with Gasteiger partial charge in [0.1, 0.15) is 10.5 Å². The van der Waals surface area contributed by atoms with Crippen LogP contribution in [0.1, 0.15) is 59.3 Å². The number of carbonyl (C=O) groups excluding carboxylic acids is 3. The van der Waals surface area contributed by atoms with Gasteiger partial charge in [-0.25, -0.2) is 9.60 Å². The summed E-state index contributed by atoms with van der Waals surface area (Å²) in [4.78, 5) is 51.9. The van der Waals surface area contributed by atoms with Crippen molar-refractivity contribution in [2.75, 3.05) is 13.2 Å². The second-order valence-corrected chi connectivity index (χ2v) is 11.4. The zero-order valence-corrected chi connectivity index (χ0v) is 21.3. The van der Waals surface area contributed by atoms with Crippen LogP contribution in [-0.4, -0.2) is 68.6 Å². The molecule has 0 heterocycles. The first-order valence-corrected chi connectivity index (χ1v) is 12.7. The number of carbonyl (C=O) groups is 3. The molecule has 0 bridgehead atoms. The Morgan fingerprint density at radius 1 is 1.27 bits per heavy atom. The van der Waals surface area contributed by atoms with Crippen molar-refractivity contribution in [3.8, 4) is 0 Å². The molecule has 0 spiro atoms. The van der Waals surface area contributed by atoms with Crippen molar-refractivity contribution in [3.05, 3.63) is 28.7 Å². The van der Waals surface area contributed by atoms with Crippen LogP contribution in [0.4, 0.5) is 4.39 Å². The smallest absolute Gasteiger partial charge is 0.458 e. The fourth-order valence-electron chi connectivity index (χ4n) is 7.83. The largest absolute Gasteiger partial charge is 0.475 e. The van der Waals surface area contributed by atoms with Crippen molar-refractivity contribution < 1.29 is 48.9 Å². The lowest BCUT2D eigenvalue weighted by atomic mass is 9.44. The van der Waals surface area contributed by atoms with Crippen molar-refractivity contribution in [1.82, 2.24) is 0 Å². The van der Waals surface area contributed by atoms with Gasteiger partial charge >= 0.3 is 11.1 Å². The number of hydrogen-bond donors (Lipinski definition) is 3. The molecule has 204 valence electrons. The van der Waals surface area contributed by atoms with Gasteiger partial charge in [0.25, 0.3) is 0 Å². The zero-order valence-electron chi connectivity index (χ0n) is 21.3. The molecule has 8 atom stereocenters. The van der Waals surface area contributed by atoms with E-state index in [0.717, 1.165) is 0 Å². The van der Waals surface area contributed by atoms with E-state index in [1.807, 2.05) is 0 Å². The Morgan fingerprint density at radius 3 is 2.65 bits per heavy atom. The Morgan fingerprint density at radius 2 is 1.97 bits per heavy atom. The molecule has 0 aliphatic heterocycles. The first-order chi connectivity index (χ1) is 17.2. The number of hydrogen-bond acceptors (Lipinski definition) is 8. The lowest BCUT2D eigenvalue weighted by molar-refractivity contribution is -0.975. The first kappa shape index (κ1) is 27.4. The highest BCUT2D eigenvalue weighted by molar-refractivity contribution is 6.01. The average molecular weight is 525 g/mol. The van der Waals surface area contributed by atoms with Crippen molar-refractivity contribution in [1.29, 1.82) is 0 Å². The molecule has 0 radical (unpaired) electrons. The van der Waals surface area contributed by atoms with Gasteiger partial charge in [-0.05, 0) is 63.0 Å². The first-order valence-electron chi connectivity index (χ1n) is 12.7.